The average molecular weight is 419 g/mol. The number of ether oxygens (including phenoxy) is 1. The predicted molar refractivity (Wildman–Crippen MR) is 108 cm³/mol. The molecule has 5 nitrogen and oxygen atoms in total. The van der Waals surface area contributed by atoms with Crippen LogP contribution in [0.4, 0.5) is 11.4 Å². The zero-order valence-corrected chi connectivity index (χ0v) is 16.9. The lowest BCUT2D eigenvalue weighted by Crippen LogP contribution is -2.37. The van der Waals surface area contributed by atoms with Crippen LogP contribution < -0.4 is 15.4 Å². The summed E-state index contributed by atoms with van der Waals surface area (Å²) < 4.78 is 6.84. The number of carbonyl (C=O) groups is 2. The van der Waals surface area contributed by atoms with Gasteiger partial charge in [-0.25, -0.2) is 0 Å². The average Bonchev–Trinajstić information content (AvgIpc) is 2.57. The molecule has 2 aromatic rings. The maximum absolute atomic E-state index is 12.8. The number of anilines is 2. The summed E-state index contributed by atoms with van der Waals surface area (Å²) in [5.41, 5.74) is 2.11. The van der Waals surface area contributed by atoms with Crippen LogP contribution in [-0.4, -0.2) is 17.9 Å². The highest BCUT2D eigenvalue weighted by Crippen LogP contribution is 2.25. The molecule has 1 atom stereocenters. The van der Waals surface area contributed by atoms with Crippen molar-refractivity contribution in [2.24, 2.45) is 5.92 Å². The second kappa shape index (κ2) is 8.85. The molecule has 0 saturated heterocycles. The van der Waals surface area contributed by atoms with Crippen molar-refractivity contribution in [2.75, 3.05) is 10.6 Å². The van der Waals surface area contributed by atoms with Gasteiger partial charge < -0.3 is 15.4 Å². The third kappa shape index (κ3) is 5.33. The van der Waals surface area contributed by atoms with Gasteiger partial charge in [0.15, 0.2) is 6.10 Å². The molecule has 2 amide bonds. The Morgan fingerprint density at radius 1 is 1.00 bits per heavy atom. The summed E-state index contributed by atoms with van der Waals surface area (Å²) >= 11 is 3.38. The van der Waals surface area contributed by atoms with E-state index >= 15 is 0 Å². The fourth-order valence-electron chi connectivity index (χ4n) is 2.45. The Labute approximate surface area is 162 Å². The topological polar surface area (TPSA) is 67.4 Å². The lowest BCUT2D eigenvalue weighted by molar-refractivity contribution is -0.124. The summed E-state index contributed by atoms with van der Waals surface area (Å²) in [7, 11) is 0. The van der Waals surface area contributed by atoms with E-state index in [1.165, 1.54) is 6.92 Å². The van der Waals surface area contributed by atoms with Gasteiger partial charge in [0.05, 0.1) is 0 Å². The van der Waals surface area contributed by atoms with Crippen molar-refractivity contribution in [3.63, 3.8) is 0 Å². The normalized spacial score (nSPS) is 11.8. The first-order valence-electron chi connectivity index (χ1n) is 8.38. The molecule has 0 fully saturated rings. The summed E-state index contributed by atoms with van der Waals surface area (Å²) in [5, 5.41) is 5.67. The first-order valence-corrected chi connectivity index (χ1v) is 9.17. The summed E-state index contributed by atoms with van der Waals surface area (Å²) in [5.74, 6) is 0.226. The van der Waals surface area contributed by atoms with Gasteiger partial charge in [0.2, 0.25) is 5.91 Å². The standard InChI is InChI=1S/C20H23BrN2O3/c1-12(2)19(26-16-10-8-15(21)9-11-16)20(25)23-18-7-5-6-17(13(18)3)22-14(4)24/h5-12,19H,1-4H3,(H,22,24)(H,23,25). The molecular formula is C20H23BrN2O3. The number of halogens is 1. The molecule has 0 aliphatic rings. The predicted octanol–water partition coefficient (Wildman–Crippen LogP) is 4.76. The molecule has 138 valence electrons. The van der Waals surface area contributed by atoms with Crippen LogP contribution in [0.5, 0.6) is 5.75 Å². The summed E-state index contributed by atoms with van der Waals surface area (Å²) in [6.07, 6.45) is -0.639. The van der Waals surface area contributed by atoms with E-state index in [-0.39, 0.29) is 17.7 Å². The van der Waals surface area contributed by atoms with Crippen LogP contribution in [-0.2, 0) is 9.59 Å². The van der Waals surface area contributed by atoms with Gasteiger partial charge in [-0.2, -0.15) is 0 Å². The maximum Gasteiger partial charge on any atom is 0.265 e. The van der Waals surface area contributed by atoms with E-state index in [1.807, 2.05) is 45.0 Å². The summed E-state index contributed by atoms with van der Waals surface area (Å²) in [6.45, 7) is 7.17. The van der Waals surface area contributed by atoms with E-state index in [9.17, 15) is 9.59 Å². The second-order valence-electron chi connectivity index (χ2n) is 6.38. The third-order valence-electron chi connectivity index (χ3n) is 3.84. The van der Waals surface area contributed by atoms with Gasteiger partial charge in [-0.05, 0) is 54.8 Å². The molecule has 0 saturated carbocycles. The highest BCUT2D eigenvalue weighted by molar-refractivity contribution is 9.10. The van der Waals surface area contributed by atoms with Crippen LogP contribution in [0.1, 0.15) is 26.3 Å². The number of nitrogens with one attached hydrogen (secondary N) is 2. The number of hydrogen-bond acceptors (Lipinski definition) is 3. The molecular weight excluding hydrogens is 396 g/mol. The zero-order chi connectivity index (χ0) is 19.3. The molecule has 26 heavy (non-hydrogen) atoms. The van der Waals surface area contributed by atoms with Gasteiger partial charge >= 0.3 is 0 Å². The fraction of sp³-hybridized carbons (Fsp3) is 0.300. The highest BCUT2D eigenvalue weighted by atomic mass is 79.9. The van der Waals surface area contributed by atoms with E-state index in [0.717, 1.165) is 10.0 Å². The van der Waals surface area contributed by atoms with Gasteiger partial charge in [-0.15, -0.1) is 0 Å². The number of benzene rings is 2. The molecule has 6 heteroatoms. The van der Waals surface area contributed by atoms with Crippen LogP contribution in [0.15, 0.2) is 46.9 Å². The van der Waals surface area contributed by atoms with Crippen molar-refractivity contribution >= 4 is 39.1 Å². The molecule has 0 radical (unpaired) electrons. The minimum atomic E-state index is -0.639. The monoisotopic (exact) mass is 418 g/mol. The molecule has 0 aromatic heterocycles. The summed E-state index contributed by atoms with van der Waals surface area (Å²) in [6, 6.07) is 12.7. The van der Waals surface area contributed by atoms with Gasteiger partial charge in [-0.3, -0.25) is 9.59 Å². The van der Waals surface area contributed by atoms with Gasteiger partial charge in [0.1, 0.15) is 5.75 Å². The molecule has 0 bridgehead atoms. The Kier molecular flexibility index (Phi) is 6.80. The number of amides is 2. The molecule has 0 heterocycles. The van der Waals surface area contributed by atoms with Gasteiger partial charge in [-0.1, -0.05) is 35.8 Å². The molecule has 0 aliphatic heterocycles. The zero-order valence-electron chi connectivity index (χ0n) is 15.3. The van der Waals surface area contributed by atoms with Crippen LogP contribution >= 0.6 is 15.9 Å². The molecule has 2 N–H and O–H groups in total. The van der Waals surface area contributed by atoms with E-state index in [4.69, 9.17) is 4.74 Å². The quantitative estimate of drug-likeness (QED) is 0.710. The van der Waals surface area contributed by atoms with Crippen LogP contribution in [0.3, 0.4) is 0 Å². The van der Waals surface area contributed by atoms with Crippen molar-refractivity contribution < 1.29 is 14.3 Å². The van der Waals surface area contributed by atoms with E-state index in [2.05, 4.69) is 26.6 Å². The summed E-state index contributed by atoms with van der Waals surface area (Å²) in [4.78, 5) is 24.1. The number of hydrogen-bond donors (Lipinski definition) is 2. The Bertz CT molecular complexity index is 788. The van der Waals surface area contributed by atoms with E-state index < -0.39 is 6.10 Å². The van der Waals surface area contributed by atoms with Crippen LogP contribution in [0, 0.1) is 12.8 Å². The van der Waals surface area contributed by atoms with Crippen LogP contribution in [0.2, 0.25) is 0 Å². The number of carbonyl (C=O) groups excluding carboxylic acids is 2. The molecule has 2 rings (SSSR count). The van der Waals surface area contributed by atoms with E-state index in [0.29, 0.717) is 17.1 Å². The van der Waals surface area contributed by atoms with Crippen molar-refractivity contribution in [2.45, 2.75) is 33.8 Å². The van der Waals surface area contributed by atoms with E-state index in [1.54, 1.807) is 18.2 Å². The first-order chi connectivity index (χ1) is 12.3. The molecule has 0 aliphatic carbocycles. The minimum Gasteiger partial charge on any atom is -0.480 e. The van der Waals surface area contributed by atoms with Crippen LogP contribution in [0.25, 0.3) is 0 Å². The third-order valence-corrected chi connectivity index (χ3v) is 4.37. The van der Waals surface area contributed by atoms with Crippen molar-refractivity contribution in [1.29, 1.82) is 0 Å². The fourth-order valence-corrected chi connectivity index (χ4v) is 2.72. The smallest absolute Gasteiger partial charge is 0.265 e. The highest BCUT2D eigenvalue weighted by Gasteiger charge is 2.25. The van der Waals surface area contributed by atoms with Crippen molar-refractivity contribution in [3.05, 3.63) is 52.5 Å². The minimum absolute atomic E-state index is 0.0162. The Balaban J connectivity index is 2.17. The Morgan fingerprint density at radius 3 is 2.12 bits per heavy atom. The number of rotatable bonds is 6. The Morgan fingerprint density at radius 2 is 1.58 bits per heavy atom. The van der Waals surface area contributed by atoms with Gasteiger partial charge in [0.25, 0.3) is 5.91 Å². The van der Waals surface area contributed by atoms with Gasteiger partial charge in [0, 0.05) is 22.8 Å². The molecule has 0 spiro atoms. The maximum atomic E-state index is 12.8. The van der Waals surface area contributed by atoms with Crippen molar-refractivity contribution in [1.82, 2.24) is 0 Å². The van der Waals surface area contributed by atoms with Crippen molar-refractivity contribution in [3.8, 4) is 5.75 Å². The second-order valence-corrected chi connectivity index (χ2v) is 7.30. The lowest BCUT2D eigenvalue weighted by Gasteiger charge is -2.23. The SMILES string of the molecule is CC(=O)Nc1cccc(NC(=O)C(Oc2ccc(Br)cc2)C(C)C)c1C. The Hall–Kier alpha value is -2.34. The lowest BCUT2D eigenvalue weighted by atomic mass is 10.1. The first kappa shape index (κ1) is 20.0. The molecule has 1 unspecified atom stereocenters. The molecule has 2 aromatic carbocycles. The largest absolute Gasteiger partial charge is 0.480 e.